The lowest BCUT2D eigenvalue weighted by Gasteiger charge is -2.37. The zero-order chi connectivity index (χ0) is 17.1. The number of aliphatic carboxylic acids is 1. The van der Waals surface area contributed by atoms with E-state index in [1.54, 1.807) is 4.90 Å². The second-order valence-corrected chi connectivity index (χ2v) is 8.02. The first-order valence-electron chi connectivity index (χ1n) is 7.87. The van der Waals surface area contributed by atoms with Gasteiger partial charge in [-0.15, -0.1) is 0 Å². The van der Waals surface area contributed by atoms with Crippen LogP contribution < -0.4 is 5.32 Å². The summed E-state index contributed by atoms with van der Waals surface area (Å²) in [7, 11) is 0. The van der Waals surface area contributed by atoms with E-state index in [9.17, 15) is 14.7 Å². The topological polar surface area (TPSA) is 78.9 Å². The highest BCUT2D eigenvalue weighted by Crippen LogP contribution is 2.24. The normalized spacial score (nSPS) is 18.9. The molecule has 1 fully saturated rings. The van der Waals surface area contributed by atoms with Crippen LogP contribution in [0.25, 0.3) is 0 Å². The number of carboxylic acids is 1. The molecule has 6 nitrogen and oxygen atoms in total. The van der Waals surface area contributed by atoms with E-state index in [1.807, 2.05) is 41.5 Å². The molecule has 0 aromatic heterocycles. The predicted octanol–water partition coefficient (Wildman–Crippen LogP) is 2.47. The zero-order valence-electron chi connectivity index (χ0n) is 14.6. The molecule has 1 amide bonds. The number of hydrogen-bond donors (Lipinski definition) is 2. The number of carbonyl (C=O) groups excluding carboxylic acids is 1. The fraction of sp³-hybridized carbons (Fsp3) is 0.875. The largest absolute Gasteiger partial charge is 0.480 e. The highest BCUT2D eigenvalue weighted by atomic mass is 16.6. The van der Waals surface area contributed by atoms with Gasteiger partial charge >= 0.3 is 12.1 Å². The third kappa shape index (κ3) is 6.22. The van der Waals surface area contributed by atoms with Crippen molar-refractivity contribution in [2.24, 2.45) is 5.92 Å². The average molecular weight is 314 g/mol. The summed E-state index contributed by atoms with van der Waals surface area (Å²) in [6.07, 6.45) is 1.01. The van der Waals surface area contributed by atoms with Gasteiger partial charge in [-0.1, -0.05) is 0 Å². The molecule has 0 aromatic carbocycles. The number of rotatable bonds is 3. The van der Waals surface area contributed by atoms with E-state index < -0.39 is 17.6 Å². The van der Waals surface area contributed by atoms with Gasteiger partial charge in [-0.2, -0.15) is 0 Å². The molecular formula is C16H30N2O4. The summed E-state index contributed by atoms with van der Waals surface area (Å²) in [6, 6.07) is -0.583. The number of carboxylic acid groups (broad SMARTS) is 1. The Bertz CT molecular complexity index is 401. The Labute approximate surface area is 133 Å². The van der Waals surface area contributed by atoms with Crippen molar-refractivity contribution >= 4 is 12.1 Å². The van der Waals surface area contributed by atoms with Gasteiger partial charge in [0.05, 0.1) is 0 Å². The number of likely N-dealkylation sites (tertiary alicyclic amines) is 1. The SMILES string of the molecule is CC(C)(C)NC(C(=O)O)C1CCN(C(=O)OC(C)(C)C)CC1. The van der Waals surface area contributed by atoms with E-state index in [-0.39, 0.29) is 17.6 Å². The van der Waals surface area contributed by atoms with Crippen molar-refractivity contribution in [3.8, 4) is 0 Å². The molecule has 6 heteroatoms. The van der Waals surface area contributed by atoms with Crippen LogP contribution in [0.15, 0.2) is 0 Å². The van der Waals surface area contributed by atoms with Crippen molar-refractivity contribution < 1.29 is 19.4 Å². The van der Waals surface area contributed by atoms with E-state index in [0.717, 1.165) is 0 Å². The van der Waals surface area contributed by atoms with E-state index in [2.05, 4.69) is 5.32 Å². The second-order valence-electron chi connectivity index (χ2n) is 8.02. The van der Waals surface area contributed by atoms with Gasteiger partial charge in [-0.05, 0) is 60.3 Å². The van der Waals surface area contributed by atoms with E-state index in [0.29, 0.717) is 25.9 Å². The summed E-state index contributed by atoms with van der Waals surface area (Å²) >= 11 is 0. The van der Waals surface area contributed by atoms with Gasteiger partial charge in [-0.25, -0.2) is 4.79 Å². The number of ether oxygens (including phenoxy) is 1. The van der Waals surface area contributed by atoms with Gasteiger partial charge in [-0.3, -0.25) is 10.1 Å². The Kier molecular flexibility index (Phi) is 5.84. The van der Waals surface area contributed by atoms with Crippen LogP contribution in [0.2, 0.25) is 0 Å². The number of amides is 1. The summed E-state index contributed by atoms with van der Waals surface area (Å²) in [5.41, 5.74) is -0.767. The van der Waals surface area contributed by atoms with Crippen LogP contribution in [0.1, 0.15) is 54.4 Å². The molecule has 0 spiro atoms. The first-order valence-corrected chi connectivity index (χ1v) is 7.87. The molecule has 1 rings (SSSR count). The Hall–Kier alpha value is -1.30. The maximum Gasteiger partial charge on any atom is 0.410 e. The van der Waals surface area contributed by atoms with E-state index in [1.165, 1.54) is 0 Å². The average Bonchev–Trinajstić information content (AvgIpc) is 2.33. The molecule has 0 radical (unpaired) electrons. The number of nitrogens with one attached hydrogen (secondary N) is 1. The molecule has 22 heavy (non-hydrogen) atoms. The van der Waals surface area contributed by atoms with E-state index in [4.69, 9.17) is 4.74 Å². The molecule has 1 unspecified atom stereocenters. The van der Waals surface area contributed by atoms with Crippen LogP contribution in [-0.2, 0) is 9.53 Å². The Morgan fingerprint density at radius 1 is 1.14 bits per heavy atom. The Morgan fingerprint density at radius 2 is 1.64 bits per heavy atom. The zero-order valence-corrected chi connectivity index (χ0v) is 14.6. The van der Waals surface area contributed by atoms with Gasteiger partial charge in [0, 0.05) is 18.6 Å². The third-order valence-electron chi connectivity index (χ3n) is 3.52. The molecule has 2 N–H and O–H groups in total. The van der Waals surface area contributed by atoms with Crippen molar-refractivity contribution in [1.82, 2.24) is 10.2 Å². The number of hydrogen-bond acceptors (Lipinski definition) is 4. The maximum atomic E-state index is 12.0. The van der Waals surface area contributed by atoms with E-state index >= 15 is 0 Å². The van der Waals surface area contributed by atoms with Crippen molar-refractivity contribution in [3.63, 3.8) is 0 Å². The summed E-state index contributed by atoms with van der Waals surface area (Å²) < 4.78 is 5.36. The maximum absolute atomic E-state index is 12.0. The number of nitrogens with zero attached hydrogens (tertiary/aromatic N) is 1. The fourth-order valence-electron chi connectivity index (χ4n) is 2.59. The molecule has 0 aromatic rings. The van der Waals surface area contributed by atoms with Crippen LogP contribution in [-0.4, -0.2) is 52.3 Å². The van der Waals surface area contributed by atoms with Crippen LogP contribution in [0.5, 0.6) is 0 Å². The van der Waals surface area contributed by atoms with Gasteiger partial charge in [0.25, 0.3) is 0 Å². The minimum absolute atomic E-state index is 0.0235. The quantitative estimate of drug-likeness (QED) is 0.836. The van der Waals surface area contributed by atoms with Crippen molar-refractivity contribution in [3.05, 3.63) is 0 Å². The monoisotopic (exact) mass is 314 g/mol. The van der Waals surface area contributed by atoms with Crippen molar-refractivity contribution in [2.75, 3.05) is 13.1 Å². The minimum atomic E-state index is -0.828. The first kappa shape index (κ1) is 18.7. The second kappa shape index (κ2) is 6.86. The van der Waals surface area contributed by atoms with Crippen LogP contribution in [0.4, 0.5) is 4.79 Å². The summed E-state index contributed by atoms with van der Waals surface area (Å²) in [5, 5.41) is 12.6. The Balaban J connectivity index is 2.59. The lowest BCUT2D eigenvalue weighted by atomic mass is 9.88. The van der Waals surface area contributed by atoms with Crippen molar-refractivity contribution in [2.45, 2.75) is 71.6 Å². The molecule has 1 aliphatic rings. The lowest BCUT2D eigenvalue weighted by Crippen LogP contribution is -2.54. The standard InChI is InChI=1S/C16H30N2O4/c1-15(2,3)17-12(13(19)20)11-7-9-18(10-8-11)14(21)22-16(4,5)6/h11-12,17H,7-10H2,1-6H3,(H,19,20). The van der Waals surface area contributed by atoms with Gasteiger partial charge < -0.3 is 14.7 Å². The summed E-state index contributed by atoms with van der Waals surface area (Å²) in [6.45, 7) is 12.5. The summed E-state index contributed by atoms with van der Waals surface area (Å²) in [4.78, 5) is 25.2. The molecule has 0 bridgehead atoms. The first-order chi connectivity index (χ1) is 9.89. The minimum Gasteiger partial charge on any atom is -0.480 e. The lowest BCUT2D eigenvalue weighted by molar-refractivity contribution is -0.142. The molecule has 1 heterocycles. The smallest absolute Gasteiger partial charge is 0.410 e. The molecule has 1 atom stereocenters. The number of piperidine rings is 1. The number of carbonyl (C=O) groups is 2. The highest BCUT2D eigenvalue weighted by Gasteiger charge is 2.35. The van der Waals surface area contributed by atoms with Crippen LogP contribution in [0, 0.1) is 5.92 Å². The molecule has 128 valence electrons. The molecule has 1 saturated heterocycles. The Morgan fingerprint density at radius 3 is 2.00 bits per heavy atom. The molecule has 1 aliphatic heterocycles. The molecule has 0 saturated carbocycles. The summed E-state index contributed by atoms with van der Waals surface area (Å²) in [5.74, 6) is -0.805. The van der Waals surface area contributed by atoms with Crippen molar-refractivity contribution in [1.29, 1.82) is 0 Å². The molecule has 0 aliphatic carbocycles. The fourth-order valence-corrected chi connectivity index (χ4v) is 2.59. The van der Waals surface area contributed by atoms with Gasteiger partial charge in [0.15, 0.2) is 0 Å². The molecular weight excluding hydrogens is 284 g/mol. The van der Waals surface area contributed by atoms with Gasteiger partial charge in [0.1, 0.15) is 11.6 Å². The van der Waals surface area contributed by atoms with Gasteiger partial charge in [0.2, 0.25) is 0 Å². The highest BCUT2D eigenvalue weighted by molar-refractivity contribution is 5.74. The van der Waals surface area contributed by atoms with Crippen LogP contribution in [0.3, 0.4) is 0 Å². The van der Waals surface area contributed by atoms with Crippen LogP contribution >= 0.6 is 0 Å². The third-order valence-corrected chi connectivity index (χ3v) is 3.52. The predicted molar refractivity (Wildman–Crippen MR) is 84.8 cm³/mol.